The summed E-state index contributed by atoms with van der Waals surface area (Å²) in [6.45, 7) is 2.60. The first-order valence-corrected chi connectivity index (χ1v) is 10.8. The molecule has 0 spiro atoms. The molecular formula is C20H17Br2NO4S. The molecule has 5 nitrogen and oxygen atoms in total. The Hall–Kier alpha value is -1.77. The molecule has 0 saturated carbocycles. The Bertz CT molecular complexity index is 961. The molecule has 0 bridgehead atoms. The number of carbonyl (C=O) groups is 2. The monoisotopic (exact) mass is 525 g/mol. The van der Waals surface area contributed by atoms with Gasteiger partial charge < -0.3 is 9.47 Å². The van der Waals surface area contributed by atoms with Crippen LogP contribution in [0.1, 0.15) is 18.1 Å². The summed E-state index contributed by atoms with van der Waals surface area (Å²) in [5.41, 5.74) is 1.62. The maximum atomic E-state index is 12.8. The Morgan fingerprint density at radius 2 is 1.96 bits per heavy atom. The van der Waals surface area contributed by atoms with Crippen LogP contribution in [0.25, 0.3) is 6.08 Å². The highest BCUT2D eigenvalue weighted by Gasteiger charge is 2.35. The molecule has 0 aromatic heterocycles. The highest BCUT2D eigenvalue weighted by atomic mass is 79.9. The summed E-state index contributed by atoms with van der Waals surface area (Å²) >= 11 is 7.80. The van der Waals surface area contributed by atoms with E-state index < -0.39 is 0 Å². The van der Waals surface area contributed by atoms with Crippen molar-refractivity contribution in [3.05, 3.63) is 61.4 Å². The van der Waals surface area contributed by atoms with Gasteiger partial charge in [-0.3, -0.25) is 14.5 Å². The summed E-state index contributed by atoms with van der Waals surface area (Å²) in [6.07, 6.45) is 1.69. The Morgan fingerprint density at radius 3 is 2.64 bits per heavy atom. The van der Waals surface area contributed by atoms with Gasteiger partial charge in [-0.15, -0.1) is 0 Å². The number of rotatable bonds is 6. The molecule has 1 heterocycles. The molecular weight excluding hydrogens is 510 g/mol. The first kappa shape index (κ1) is 21.0. The Morgan fingerprint density at radius 1 is 1.18 bits per heavy atom. The van der Waals surface area contributed by atoms with Gasteiger partial charge in [-0.2, -0.15) is 0 Å². The van der Waals surface area contributed by atoms with Crippen molar-refractivity contribution in [2.45, 2.75) is 13.5 Å². The zero-order chi connectivity index (χ0) is 20.3. The third kappa shape index (κ3) is 4.61. The molecule has 8 heteroatoms. The summed E-state index contributed by atoms with van der Waals surface area (Å²) in [4.78, 5) is 26.8. The van der Waals surface area contributed by atoms with E-state index in [0.717, 1.165) is 27.4 Å². The topological polar surface area (TPSA) is 55.8 Å². The van der Waals surface area contributed by atoms with E-state index in [0.29, 0.717) is 27.5 Å². The lowest BCUT2D eigenvalue weighted by Crippen LogP contribution is -2.27. The summed E-state index contributed by atoms with van der Waals surface area (Å²) in [6, 6.07) is 11.2. The van der Waals surface area contributed by atoms with E-state index in [2.05, 4.69) is 31.9 Å². The third-order valence-electron chi connectivity index (χ3n) is 3.94. The van der Waals surface area contributed by atoms with Crippen LogP contribution in [0.15, 0.2) is 50.2 Å². The van der Waals surface area contributed by atoms with Gasteiger partial charge in [0.05, 0.1) is 29.6 Å². The number of imide groups is 1. The molecule has 2 amide bonds. The molecule has 1 aliphatic heterocycles. The molecule has 0 aliphatic carbocycles. The van der Waals surface area contributed by atoms with Gasteiger partial charge in [0.15, 0.2) is 11.5 Å². The zero-order valence-corrected chi connectivity index (χ0v) is 19.2. The van der Waals surface area contributed by atoms with Crippen LogP contribution >= 0.6 is 43.6 Å². The number of thioether (sulfide) groups is 1. The number of nitrogens with zero attached hydrogens (tertiary/aromatic N) is 1. The standard InChI is InChI=1S/C20H17Br2NO4S/c1-3-27-16-9-13(8-15(22)18(16)26-2)10-17-19(24)23(20(25)28-17)11-12-5-4-6-14(21)7-12/h4-10H,3,11H2,1-2H3/b17-10+. The second-order valence-corrected chi connectivity index (χ2v) is 8.63. The Kier molecular flexibility index (Phi) is 6.85. The first-order valence-electron chi connectivity index (χ1n) is 8.43. The van der Waals surface area contributed by atoms with Crippen LogP contribution in [0, 0.1) is 0 Å². The van der Waals surface area contributed by atoms with Gasteiger partial charge in [0.1, 0.15) is 0 Å². The van der Waals surface area contributed by atoms with Crippen LogP contribution < -0.4 is 9.47 Å². The zero-order valence-electron chi connectivity index (χ0n) is 15.2. The summed E-state index contributed by atoms with van der Waals surface area (Å²) in [5, 5.41) is -0.283. The smallest absolute Gasteiger partial charge is 0.293 e. The number of methoxy groups -OCH3 is 1. The molecule has 1 saturated heterocycles. The molecule has 28 heavy (non-hydrogen) atoms. The highest BCUT2D eigenvalue weighted by Crippen LogP contribution is 2.39. The van der Waals surface area contributed by atoms with Crippen LogP contribution in [0.3, 0.4) is 0 Å². The predicted molar refractivity (Wildman–Crippen MR) is 118 cm³/mol. The SMILES string of the molecule is CCOc1cc(/C=C2/SC(=O)N(Cc3cccc(Br)c3)C2=O)cc(Br)c1OC. The number of amides is 2. The van der Waals surface area contributed by atoms with Crippen molar-refractivity contribution in [1.82, 2.24) is 4.90 Å². The minimum atomic E-state index is -0.306. The van der Waals surface area contributed by atoms with Gasteiger partial charge in [0.25, 0.3) is 11.1 Å². The van der Waals surface area contributed by atoms with E-state index in [9.17, 15) is 9.59 Å². The molecule has 3 rings (SSSR count). The van der Waals surface area contributed by atoms with Crippen molar-refractivity contribution in [2.75, 3.05) is 13.7 Å². The van der Waals surface area contributed by atoms with Crippen molar-refractivity contribution in [2.24, 2.45) is 0 Å². The molecule has 2 aromatic carbocycles. The average Bonchev–Trinajstić information content (AvgIpc) is 2.89. The molecule has 2 aromatic rings. The second kappa shape index (κ2) is 9.15. The highest BCUT2D eigenvalue weighted by molar-refractivity contribution is 9.10. The lowest BCUT2D eigenvalue weighted by atomic mass is 10.1. The number of carbonyl (C=O) groups excluding carboxylic acids is 2. The van der Waals surface area contributed by atoms with Crippen molar-refractivity contribution in [1.29, 1.82) is 0 Å². The molecule has 0 unspecified atom stereocenters. The van der Waals surface area contributed by atoms with Crippen molar-refractivity contribution < 1.29 is 19.1 Å². The van der Waals surface area contributed by atoms with E-state index in [1.807, 2.05) is 37.3 Å². The Balaban J connectivity index is 1.87. The van der Waals surface area contributed by atoms with Gasteiger partial charge in [-0.1, -0.05) is 28.1 Å². The van der Waals surface area contributed by atoms with E-state index in [4.69, 9.17) is 9.47 Å². The number of benzene rings is 2. The van der Waals surface area contributed by atoms with E-state index in [1.54, 1.807) is 19.3 Å². The quantitative estimate of drug-likeness (QED) is 0.441. The summed E-state index contributed by atoms with van der Waals surface area (Å²) in [5.74, 6) is 0.848. The van der Waals surface area contributed by atoms with Gasteiger partial charge in [-0.05, 0) is 76.1 Å². The van der Waals surface area contributed by atoms with E-state index in [-0.39, 0.29) is 17.7 Å². The molecule has 0 atom stereocenters. The molecule has 0 N–H and O–H groups in total. The van der Waals surface area contributed by atoms with Crippen LogP contribution in [-0.4, -0.2) is 29.8 Å². The fourth-order valence-corrected chi connectivity index (χ4v) is 4.64. The van der Waals surface area contributed by atoms with Crippen LogP contribution in [0.4, 0.5) is 4.79 Å². The number of ether oxygens (including phenoxy) is 2. The third-order valence-corrected chi connectivity index (χ3v) is 5.93. The maximum Gasteiger partial charge on any atom is 0.293 e. The number of hydrogen-bond acceptors (Lipinski definition) is 5. The largest absolute Gasteiger partial charge is 0.492 e. The summed E-state index contributed by atoms with van der Waals surface area (Å²) < 4.78 is 12.6. The number of hydrogen-bond donors (Lipinski definition) is 0. The van der Waals surface area contributed by atoms with Crippen molar-refractivity contribution in [3.8, 4) is 11.5 Å². The van der Waals surface area contributed by atoms with E-state index in [1.165, 1.54) is 4.90 Å². The van der Waals surface area contributed by atoms with Crippen molar-refractivity contribution >= 4 is 60.8 Å². The average molecular weight is 527 g/mol. The molecule has 1 fully saturated rings. The van der Waals surface area contributed by atoms with Crippen LogP contribution in [0.5, 0.6) is 11.5 Å². The normalized spacial score (nSPS) is 15.4. The number of halogens is 2. The van der Waals surface area contributed by atoms with Gasteiger partial charge in [0, 0.05) is 4.47 Å². The minimum Gasteiger partial charge on any atom is -0.492 e. The maximum absolute atomic E-state index is 12.8. The second-order valence-electron chi connectivity index (χ2n) is 5.86. The molecule has 0 radical (unpaired) electrons. The van der Waals surface area contributed by atoms with Crippen molar-refractivity contribution in [3.63, 3.8) is 0 Å². The lowest BCUT2D eigenvalue weighted by molar-refractivity contribution is -0.123. The summed E-state index contributed by atoms with van der Waals surface area (Å²) in [7, 11) is 1.57. The van der Waals surface area contributed by atoms with Crippen LogP contribution in [-0.2, 0) is 11.3 Å². The van der Waals surface area contributed by atoms with Crippen LogP contribution in [0.2, 0.25) is 0 Å². The predicted octanol–water partition coefficient (Wildman–Crippen LogP) is 5.86. The molecule has 146 valence electrons. The van der Waals surface area contributed by atoms with Gasteiger partial charge >= 0.3 is 0 Å². The van der Waals surface area contributed by atoms with E-state index >= 15 is 0 Å². The first-order chi connectivity index (χ1) is 13.4. The molecule has 1 aliphatic rings. The van der Waals surface area contributed by atoms with Gasteiger partial charge in [-0.25, -0.2) is 0 Å². The fourth-order valence-electron chi connectivity index (χ4n) is 2.74. The fraction of sp³-hybridized carbons (Fsp3) is 0.200. The van der Waals surface area contributed by atoms with Gasteiger partial charge in [0.2, 0.25) is 0 Å². The lowest BCUT2D eigenvalue weighted by Gasteiger charge is -2.13. The minimum absolute atomic E-state index is 0.234. The Labute approximate surface area is 184 Å².